The third-order valence-electron chi connectivity index (χ3n) is 3.26. The zero-order valence-corrected chi connectivity index (χ0v) is 16.9. The predicted molar refractivity (Wildman–Crippen MR) is 101 cm³/mol. The topological polar surface area (TPSA) is 82.1 Å². The smallest absolute Gasteiger partial charge is 0.344 e. The number of amides is 2. The van der Waals surface area contributed by atoms with Crippen LogP contribution < -0.4 is 9.47 Å². The van der Waals surface area contributed by atoms with Gasteiger partial charge in [-0.2, -0.15) is 0 Å². The molecule has 26 heavy (non-hydrogen) atoms. The number of imide groups is 1. The highest BCUT2D eigenvalue weighted by atomic mass is 79.9. The molecule has 1 aliphatic rings. The number of rotatable bonds is 7. The molecule has 2 amide bonds. The van der Waals surface area contributed by atoms with Crippen LogP contribution in [0.5, 0.6) is 11.5 Å². The van der Waals surface area contributed by atoms with Crippen LogP contribution in [-0.4, -0.2) is 48.9 Å². The number of nitrogens with zero attached hydrogens (tertiary/aromatic N) is 1. The van der Waals surface area contributed by atoms with Gasteiger partial charge in [-0.15, -0.1) is 0 Å². The lowest BCUT2D eigenvalue weighted by molar-refractivity contribution is -0.145. The number of hydrogen-bond acceptors (Lipinski definition) is 7. The van der Waals surface area contributed by atoms with Gasteiger partial charge in [-0.05, 0) is 65.3 Å². The Morgan fingerprint density at radius 1 is 1.23 bits per heavy atom. The molecule has 0 saturated carbocycles. The molecule has 1 fully saturated rings. The molecule has 0 N–H and O–H groups in total. The lowest BCUT2D eigenvalue weighted by atomic mass is 10.2. The molecule has 2 rings (SSSR count). The summed E-state index contributed by atoms with van der Waals surface area (Å²) >= 11 is 4.27. The molecule has 9 heteroatoms. The SMILES string of the molecule is CCOC(=O)COc1c(Br)cc(/C=C2\SC(=O)N(C)C2=O)cc1OCC. The van der Waals surface area contributed by atoms with Gasteiger partial charge in [0.2, 0.25) is 0 Å². The van der Waals surface area contributed by atoms with Crippen molar-refractivity contribution in [2.75, 3.05) is 26.9 Å². The number of hydrogen-bond donors (Lipinski definition) is 0. The third kappa shape index (κ3) is 4.79. The summed E-state index contributed by atoms with van der Waals surface area (Å²) in [4.78, 5) is 36.5. The molecule has 0 radical (unpaired) electrons. The second kappa shape index (κ2) is 9.09. The van der Waals surface area contributed by atoms with E-state index in [9.17, 15) is 14.4 Å². The lowest BCUT2D eigenvalue weighted by Crippen LogP contribution is -2.22. The standard InChI is InChI=1S/C17H18BrNO6S/c1-4-23-12-7-10(8-13-16(21)19(3)17(22)26-13)6-11(18)15(12)25-9-14(20)24-5-2/h6-8H,4-5,9H2,1-3H3/b13-8-. The molecule has 1 saturated heterocycles. The van der Waals surface area contributed by atoms with E-state index in [2.05, 4.69) is 15.9 Å². The molecular weight excluding hydrogens is 426 g/mol. The fraction of sp³-hybridized carbons (Fsp3) is 0.353. The van der Waals surface area contributed by atoms with Crippen molar-refractivity contribution >= 4 is 50.9 Å². The highest BCUT2D eigenvalue weighted by Crippen LogP contribution is 2.39. The first kappa shape index (κ1) is 20.3. The molecule has 0 unspecified atom stereocenters. The van der Waals surface area contributed by atoms with Gasteiger partial charge >= 0.3 is 5.97 Å². The Morgan fingerprint density at radius 2 is 1.96 bits per heavy atom. The molecule has 0 aliphatic carbocycles. The summed E-state index contributed by atoms with van der Waals surface area (Å²) in [6.07, 6.45) is 1.61. The van der Waals surface area contributed by atoms with E-state index < -0.39 is 5.97 Å². The Labute approximate surface area is 163 Å². The van der Waals surface area contributed by atoms with Crippen molar-refractivity contribution in [2.45, 2.75) is 13.8 Å². The van der Waals surface area contributed by atoms with Gasteiger partial charge in [0, 0.05) is 7.05 Å². The number of thioether (sulfide) groups is 1. The summed E-state index contributed by atoms with van der Waals surface area (Å²) in [7, 11) is 1.44. The van der Waals surface area contributed by atoms with Crippen molar-refractivity contribution in [2.24, 2.45) is 0 Å². The number of carbonyl (C=O) groups is 3. The maximum absolute atomic E-state index is 12.0. The monoisotopic (exact) mass is 443 g/mol. The third-order valence-corrected chi connectivity index (χ3v) is 4.81. The highest BCUT2D eigenvalue weighted by Gasteiger charge is 2.31. The van der Waals surface area contributed by atoms with E-state index in [1.54, 1.807) is 25.1 Å². The zero-order valence-electron chi connectivity index (χ0n) is 14.5. The fourth-order valence-electron chi connectivity index (χ4n) is 2.10. The summed E-state index contributed by atoms with van der Waals surface area (Å²) < 4.78 is 16.5. The zero-order chi connectivity index (χ0) is 19.3. The maximum Gasteiger partial charge on any atom is 0.344 e. The largest absolute Gasteiger partial charge is 0.490 e. The van der Waals surface area contributed by atoms with Gasteiger partial charge in [0.25, 0.3) is 11.1 Å². The minimum atomic E-state index is -0.484. The molecule has 1 aromatic carbocycles. The summed E-state index contributed by atoms with van der Waals surface area (Å²) in [6, 6.07) is 3.39. The van der Waals surface area contributed by atoms with E-state index in [4.69, 9.17) is 14.2 Å². The van der Waals surface area contributed by atoms with Crippen molar-refractivity contribution in [1.29, 1.82) is 0 Å². The van der Waals surface area contributed by atoms with Crippen LogP contribution in [0, 0.1) is 0 Å². The van der Waals surface area contributed by atoms with Crippen LogP contribution in [-0.2, 0) is 14.3 Å². The van der Waals surface area contributed by atoms with E-state index in [0.717, 1.165) is 16.7 Å². The van der Waals surface area contributed by atoms with Gasteiger partial charge in [-0.25, -0.2) is 4.79 Å². The normalized spacial score (nSPS) is 15.5. The molecule has 0 aromatic heterocycles. The van der Waals surface area contributed by atoms with Crippen molar-refractivity contribution in [3.63, 3.8) is 0 Å². The van der Waals surface area contributed by atoms with Crippen LogP contribution in [0.4, 0.5) is 4.79 Å². The Balaban J connectivity index is 2.29. The summed E-state index contributed by atoms with van der Waals surface area (Å²) in [6.45, 7) is 3.94. The van der Waals surface area contributed by atoms with Gasteiger partial charge in [-0.3, -0.25) is 14.5 Å². The molecule has 7 nitrogen and oxygen atoms in total. The summed E-state index contributed by atoms with van der Waals surface area (Å²) in [5, 5.41) is -0.320. The van der Waals surface area contributed by atoms with E-state index >= 15 is 0 Å². The van der Waals surface area contributed by atoms with Gasteiger partial charge in [0.05, 0.1) is 22.6 Å². The second-order valence-electron chi connectivity index (χ2n) is 5.10. The molecule has 1 heterocycles. The average molecular weight is 444 g/mol. The molecule has 0 atom stereocenters. The Bertz CT molecular complexity index is 764. The van der Waals surface area contributed by atoms with Crippen molar-refractivity contribution in [3.8, 4) is 11.5 Å². The highest BCUT2D eigenvalue weighted by molar-refractivity contribution is 9.10. The summed E-state index contributed by atoms with van der Waals surface area (Å²) in [5.41, 5.74) is 0.655. The number of esters is 1. The number of likely N-dealkylation sites (N-methyl/N-ethyl adjacent to an activating group) is 1. The average Bonchev–Trinajstić information content (AvgIpc) is 2.81. The number of halogens is 1. The van der Waals surface area contributed by atoms with Crippen LogP contribution in [0.1, 0.15) is 19.4 Å². The quantitative estimate of drug-likeness (QED) is 0.471. The van der Waals surface area contributed by atoms with E-state index in [1.165, 1.54) is 7.05 Å². The van der Waals surface area contributed by atoms with Crippen molar-refractivity contribution in [1.82, 2.24) is 4.90 Å². The second-order valence-corrected chi connectivity index (χ2v) is 6.94. The Hall–Kier alpha value is -2.00. The number of ether oxygens (including phenoxy) is 3. The van der Waals surface area contributed by atoms with Crippen LogP contribution in [0.25, 0.3) is 6.08 Å². The van der Waals surface area contributed by atoms with Crippen LogP contribution >= 0.6 is 27.7 Å². The minimum absolute atomic E-state index is 0.249. The number of benzene rings is 1. The van der Waals surface area contributed by atoms with Crippen LogP contribution in [0.15, 0.2) is 21.5 Å². The van der Waals surface area contributed by atoms with Gasteiger partial charge < -0.3 is 14.2 Å². The van der Waals surface area contributed by atoms with Crippen molar-refractivity contribution < 1.29 is 28.6 Å². The fourth-order valence-corrected chi connectivity index (χ4v) is 3.51. The Morgan fingerprint density at radius 3 is 2.54 bits per heavy atom. The Kier molecular flexibility index (Phi) is 7.10. The molecule has 1 aromatic rings. The van der Waals surface area contributed by atoms with E-state index in [0.29, 0.717) is 33.0 Å². The lowest BCUT2D eigenvalue weighted by Gasteiger charge is -2.14. The first-order valence-corrected chi connectivity index (χ1v) is 9.44. The molecule has 140 valence electrons. The first-order chi connectivity index (χ1) is 12.4. The van der Waals surface area contributed by atoms with Crippen LogP contribution in [0.2, 0.25) is 0 Å². The predicted octanol–water partition coefficient (Wildman–Crippen LogP) is 3.46. The molecule has 1 aliphatic heterocycles. The first-order valence-electron chi connectivity index (χ1n) is 7.83. The molecular formula is C17H18BrNO6S. The van der Waals surface area contributed by atoms with E-state index in [-0.39, 0.29) is 24.4 Å². The molecule has 0 spiro atoms. The van der Waals surface area contributed by atoms with E-state index in [1.807, 2.05) is 6.92 Å². The van der Waals surface area contributed by atoms with Gasteiger partial charge in [0.15, 0.2) is 18.1 Å². The maximum atomic E-state index is 12.0. The molecule has 0 bridgehead atoms. The minimum Gasteiger partial charge on any atom is -0.490 e. The van der Waals surface area contributed by atoms with Crippen molar-refractivity contribution in [3.05, 3.63) is 27.1 Å². The van der Waals surface area contributed by atoms with Gasteiger partial charge in [-0.1, -0.05) is 0 Å². The van der Waals surface area contributed by atoms with Crippen LogP contribution in [0.3, 0.4) is 0 Å². The summed E-state index contributed by atoms with van der Waals surface area (Å²) in [5.74, 6) is -0.0620. The van der Waals surface area contributed by atoms with Gasteiger partial charge in [0.1, 0.15) is 0 Å². The number of carbonyl (C=O) groups excluding carboxylic acids is 3.